The van der Waals surface area contributed by atoms with Crippen LogP contribution in [0, 0.1) is 12.3 Å². The van der Waals surface area contributed by atoms with E-state index in [4.69, 9.17) is 2.80 Å². The van der Waals surface area contributed by atoms with Crippen molar-refractivity contribution in [2.45, 2.75) is 0 Å². The van der Waals surface area contributed by atoms with E-state index >= 15 is 0 Å². The average Bonchev–Trinajstić information content (AvgIpc) is 1.61. The van der Waals surface area contributed by atoms with Crippen LogP contribution in [0.15, 0.2) is 0 Å². The third kappa shape index (κ3) is 1.52. The number of aliphatic hydroxyl groups is 1. The molecule has 0 aliphatic rings. The normalized spacial score (nSPS) is 10.0. The average molecular weight is 58.1 g/mol. The summed E-state index contributed by atoms with van der Waals surface area (Å²) in [5.41, 5.74) is 0. The lowest BCUT2D eigenvalue weighted by molar-refractivity contribution is 0.351. The highest BCUT2D eigenvalue weighted by Crippen LogP contribution is 1.34. The van der Waals surface area contributed by atoms with E-state index in [2.05, 4.69) is 11.0 Å². The lowest BCUT2D eigenvalue weighted by Crippen LogP contribution is -1.64. The number of hydrogen-bond acceptors (Lipinski definition) is 1. The molecule has 0 radical (unpaired) electrons. The number of rotatable bonds is 1. The number of hydrogen-bond donors (Lipinski definition) is 1. The Balaban J connectivity index is 2.79. The van der Waals surface area contributed by atoms with Gasteiger partial charge in [0.1, 0.15) is 7.98 Å². The summed E-state index contributed by atoms with van der Waals surface area (Å²) in [6.07, 6.45) is 1.82. The van der Waals surface area contributed by atoms with Crippen molar-refractivity contribution in [3.8, 4) is 12.3 Å². The Labute approximate surface area is 28.2 Å². The highest BCUT2D eigenvalue weighted by atomic mass is 16.2. The van der Waals surface area contributed by atoms with Crippen molar-refractivity contribution in [2.24, 2.45) is 0 Å². The summed E-state index contributed by atoms with van der Waals surface area (Å²) in [4.78, 5) is 0. The molecule has 0 saturated carbocycles. The van der Waals surface area contributed by atoms with Crippen LogP contribution >= 0.6 is 0 Å². The number of aliphatic hydroxyl groups excluding tert-OH is 1. The monoisotopic (exact) mass is 58.0 g/mol. The molecule has 1 heteroatoms. The predicted octanol–water partition coefficient (Wildman–Crippen LogP) is -0.388. The first-order valence-corrected chi connectivity index (χ1v) is 0.892. The minimum absolute atomic E-state index is 0.0312. The van der Waals surface area contributed by atoms with E-state index in [1.807, 2.05) is 6.40 Å². The third-order valence-corrected chi connectivity index (χ3v) is 0.0722. The van der Waals surface area contributed by atoms with E-state index in [0.29, 0.717) is 0 Å². The van der Waals surface area contributed by atoms with Gasteiger partial charge in [-0.1, -0.05) is 5.92 Å². The zero-order valence-corrected chi connectivity index (χ0v) is 2.12. The SMILES string of the molecule is [2H]C#CCO[2H]. The van der Waals surface area contributed by atoms with Crippen molar-refractivity contribution in [3.05, 3.63) is 0 Å². The molecule has 0 amide bonds. The Morgan fingerprint density at radius 3 is 4.00 bits per heavy atom. The standard InChI is InChI=1S/C3H4O/c1-2-3-4/h1,4H,3H2/i1D,4D. The van der Waals surface area contributed by atoms with Gasteiger partial charge >= 0.3 is 0 Å². The van der Waals surface area contributed by atoms with Crippen LogP contribution in [0.1, 0.15) is 1.37 Å². The summed E-state index contributed by atoms with van der Waals surface area (Å²) >= 11 is 0. The number of terminal acetylenes is 1. The first-order chi connectivity index (χ1) is 2.91. The summed E-state index contributed by atoms with van der Waals surface area (Å²) in [6, 6.07) is 0. The highest BCUT2D eigenvalue weighted by molar-refractivity contribution is 4.81. The van der Waals surface area contributed by atoms with Crippen LogP contribution in [0.4, 0.5) is 0 Å². The van der Waals surface area contributed by atoms with E-state index in [0.717, 1.165) is 0 Å². The minimum Gasteiger partial charge on any atom is -0.384 e. The van der Waals surface area contributed by atoms with Crippen molar-refractivity contribution < 1.29 is 6.48 Å². The largest absolute Gasteiger partial charge is 0.384 e. The summed E-state index contributed by atoms with van der Waals surface area (Å²) in [5, 5.41) is 3.74. The van der Waals surface area contributed by atoms with Gasteiger partial charge < -0.3 is 5.11 Å². The molecular formula is C3H4O. The van der Waals surface area contributed by atoms with E-state index in [1.54, 1.807) is 0 Å². The Morgan fingerprint density at radius 1 is 2.75 bits per heavy atom. The van der Waals surface area contributed by atoms with E-state index in [9.17, 15) is 0 Å². The molecule has 0 rings (SSSR count). The molecule has 1 N–H and O–H groups in total. The molecule has 4 heavy (non-hydrogen) atoms. The van der Waals surface area contributed by atoms with Crippen molar-refractivity contribution in [3.63, 3.8) is 0 Å². The molecule has 0 aromatic heterocycles. The Morgan fingerprint density at radius 2 is 3.75 bits per heavy atom. The Bertz CT molecular complexity index is 70.6. The maximum atomic E-state index is 6.18. The Hall–Kier alpha value is -0.480. The molecule has 0 fully saturated rings. The smallest absolute Gasteiger partial charge is 0.211 e. The molecule has 0 aliphatic carbocycles. The van der Waals surface area contributed by atoms with Gasteiger partial charge in [-0.15, -0.1) is 6.40 Å². The van der Waals surface area contributed by atoms with Crippen LogP contribution < -0.4 is 0 Å². The molecule has 0 saturated heterocycles. The van der Waals surface area contributed by atoms with Crippen LogP contribution in [0.5, 0.6) is 0 Å². The molecule has 0 aliphatic heterocycles. The lowest BCUT2D eigenvalue weighted by Gasteiger charge is -1.55. The van der Waals surface area contributed by atoms with Gasteiger partial charge in [-0.25, -0.2) is 0 Å². The van der Waals surface area contributed by atoms with Crippen LogP contribution in [0.25, 0.3) is 0 Å². The molecule has 0 unspecified atom stereocenters. The molecule has 0 aromatic carbocycles. The maximum Gasteiger partial charge on any atom is 0.211 e. The predicted molar refractivity (Wildman–Crippen MR) is 15.9 cm³/mol. The quantitative estimate of drug-likeness (QED) is 0.407. The second kappa shape index (κ2) is 2.52. The van der Waals surface area contributed by atoms with Gasteiger partial charge in [0, 0.05) is 0 Å². The first kappa shape index (κ1) is 1.09. The molecule has 0 spiro atoms. The van der Waals surface area contributed by atoms with Gasteiger partial charge in [0.25, 0.3) is 0 Å². The summed E-state index contributed by atoms with van der Waals surface area (Å²) in [5.74, 6) is 2.20. The van der Waals surface area contributed by atoms with Crippen molar-refractivity contribution in [1.29, 1.82) is 1.43 Å². The zero-order valence-electron chi connectivity index (χ0n) is 4.12. The molecule has 0 heterocycles. The van der Waals surface area contributed by atoms with Crippen LogP contribution in [0.3, 0.4) is 0 Å². The summed E-state index contributed by atoms with van der Waals surface area (Å²) in [6.45, 7) is 0.0312. The molecular weight excluding hydrogens is 52.0 g/mol. The topological polar surface area (TPSA) is 20.2 Å². The van der Waals surface area contributed by atoms with Gasteiger partial charge in [0.15, 0.2) is 0 Å². The summed E-state index contributed by atoms with van der Waals surface area (Å²) < 4.78 is 12.2. The molecule has 1 nitrogen and oxygen atoms in total. The van der Waals surface area contributed by atoms with E-state index < -0.39 is 0 Å². The maximum absolute atomic E-state index is 6.18. The highest BCUT2D eigenvalue weighted by Gasteiger charge is 1.43. The lowest BCUT2D eigenvalue weighted by atomic mass is 10.8. The van der Waals surface area contributed by atoms with Gasteiger partial charge in [0.2, 0.25) is 1.43 Å². The van der Waals surface area contributed by atoms with E-state index in [1.165, 1.54) is 0 Å². The fourth-order valence-electron chi connectivity index (χ4n) is 0. The minimum atomic E-state index is 0.0312. The van der Waals surface area contributed by atoms with Crippen LogP contribution in [-0.2, 0) is 0 Å². The van der Waals surface area contributed by atoms with Crippen molar-refractivity contribution in [2.75, 3.05) is 6.61 Å². The zero-order chi connectivity index (χ0) is 4.83. The third-order valence-electron chi connectivity index (χ3n) is 0.0722. The van der Waals surface area contributed by atoms with Gasteiger partial charge in [-0.3, -0.25) is 0 Å². The van der Waals surface area contributed by atoms with Crippen LogP contribution in [-0.4, -0.2) is 13.1 Å². The van der Waals surface area contributed by atoms with Gasteiger partial charge in [0.05, 0.1) is 0 Å². The van der Waals surface area contributed by atoms with Crippen LogP contribution in [0.2, 0.25) is 0 Å². The second-order valence-electron chi connectivity index (χ2n) is 0.321. The van der Waals surface area contributed by atoms with Crippen molar-refractivity contribution in [1.82, 2.24) is 0 Å². The molecule has 22 valence electrons. The van der Waals surface area contributed by atoms with E-state index in [-0.39, 0.29) is 6.61 Å². The van der Waals surface area contributed by atoms with Crippen molar-refractivity contribution >= 4 is 0 Å². The second-order valence-corrected chi connectivity index (χ2v) is 0.321. The Kier molecular flexibility index (Phi) is 0.689. The fourth-order valence-corrected chi connectivity index (χ4v) is 0. The fraction of sp³-hybridized carbons (Fsp3) is 0.333. The van der Waals surface area contributed by atoms with Gasteiger partial charge in [-0.2, -0.15) is 0 Å². The molecule has 0 atom stereocenters. The van der Waals surface area contributed by atoms with Gasteiger partial charge in [-0.05, 0) is 0 Å². The molecule has 0 bridgehead atoms. The molecule has 0 aromatic rings. The first-order valence-electron chi connectivity index (χ1n) is 1.80. The summed E-state index contributed by atoms with van der Waals surface area (Å²) in [7, 11) is 0.